The van der Waals surface area contributed by atoms with E-state index in [0.29, 0.717) is 18.5 Å². The maximum Gasteiger partial charge on any atom is 0.246 e. The first-order valence-corrected chi connectivity index (χ1v) is 9.07. The highest BCUT2D eigenvalue weighted by molar-refractivity contribution is 5.97. The van der Waals surface area contributed by atoms with E-state index in [2.05, 4.69) is 44.8 Å². The molecule has 2 amide bonds. The second-order valence-corrected chi connectivity index (χ2v) is 6.84. The van der Waals surface area contributed by atoms with Gasteiger partial charge >= 0.3 is 0 Å². The standard InChI is InChI=1S/C20H22N4O2/c25-19-7-3-6-17(23-19)20(26)22-16-8-10-21-18(12-16)24-11-9-14-4-1-2-5-15(14)13-24/h1-2,4-5,8,10,12,17H,3,6-7,9,11,13H2,(H,23,25)(H,21,22,26)/t17-/m1/s1. The number of piperidine rings is 1. The molecule has 6 heteroatoms. The Kier molecular flexibility index (Phi) is 4.56. The monoisotopic (exact) mass is 350 g/mol. The topological polar surface area (TPSA) is 74.3 Å². The fourth-order valence-electron chi connectivity index (χ4n) is 3.59. The number of carbonyl (C=O) groups excluding carboxylic acids is 2. The third-order valence-electron chi connectivity index (χ3n) is 5.02. The molecule has 0 saturated carbocycles. The molecule has 0 spiro atoms. The quantitative estimate of drug-likeness (QED) is 0.890. The minimum atomic E-state index is -0.449. The number of anilines is 2. The average Bonchev–Trinajstić information content (AvgIpc) is 2.68. The van der Waals surface area contributed by atoms with Gasteiger partial charge in [-0.15, -0.1) is 0 Å². The Bertz CT molecular complexity index is 836. The molecule has 4 rings (SSSR count). The lowest BCUT2D eigenvalue weighted by Crippen LogP contribution is -2.46. The van der Waals surface area contributed by atoms with Gasteiger partial charge in [0, 0.05) is 37.5 Å². The van der Waals surface area contributed by atoms with Crippen molar-refractivity contribution in [1.29, 1.82) is 0 Å². The van der Waals surface area contributed by atoms with Crippen molar-refractivity contribution >= 4 is 23.3 Å². The highest BCUT2D eigenvalue weighted by atomic mass is 16.2. The number of fused-ring (bicyclic) bond motifs is 1. The zero-order valence-corrected chi connectivity index (χ0v) is 14.6. The highest BCUT2D eigenvalue weighted by Gasteiger charge is 2.25. The smallest absolute Gasteiger partial charge is 0.246 e. The van der Waals surface area contributed by atoms with Crippen LogP contribution in [-0.4, -0.2) is 29.4 Å². The number of nitrogens with one attached hydrogen (secondary N) is 2. The summed E-state index contributed by atoms with van der Waals surface area (Å²) in [6.45, 7) is 1.72. The van der Waals surface area contributed by atoms with Crippen LogP contribution in [-0.2, 0) is 22.6 Å². The molecule has 2 N–H and O–H groups in total. The van der Waals surface area contributed by atoms with Crippen molar-refractivity contribution in [2.45, 2.75) is 38.3 Å². The van der Waals surface area contributed by atoms with E-state index >= 15 is 0 Å². The Labute approximate surface area is 152 Å². The Balaban J connectivity index is 1.45. The molecule has 1 aromatic heterocycles. The first-order chi connectivity index (χ1) is 12.7. The number of rotatable bonds is 3. The molecule has 1 atom stereocenters. The number of aromatic nitrogens is 1. The van der Waals surface area contributed by atoms with Crippen LogP contribution >= 0.6 is 0 Å². The van der Waals surface area contributed by atoms with E-state index in [1.54, 1.807) is 12.3 Å². The number of carbonyl (C=O) groups is 2. The molecule has 0 radical (unpaired) electrons. The number of hydrogen-bond donors (Lipinski definition) is 2. The minimum Gasteiger partial charge on any atom is -0.352 e. The van der Waals surface area contributed by atoms with Crippen molar-refractivity contribution in [1.82, 2.24) is 10.3 Å². The fourth-order valence-corrected chi connectivity index (χ4v) is 3.59. The maximum absolute atomic E-state index is 12.4. The number of hydrogen-bond acceptors (Lipinski definition) is 4. The van der Waals surface area contributed by atoms with E-state index in [1.165, 1.54) is 11.1 Å². The van der Waals surface area contributed by atoms with E-state index < -0.39 is 6.04 Å². The predicted molar refractivity (Wildman–Crippen MR) is 99.8 cm³/mol. The predicted octanol–water partition coefficient (Wildman–Crippen LogP) is 2.25. The van der Waals surface area contributed by atoms with Crippen LogP contribution in [0, 0.1) is 0 Å². The van der Waals surface area contributed by atoms with Gasteiger partial charge in [0.1, 0.15) is 11.9 Å². The van der Waals surface area contributed by atoms with Crippen LogP contribution in [0.4, 0.5) is 11.5 Å². The molecule has 1 aromatic carbocycles. The molecule has 0 unspecified atom stereocenters. The Morgan fingerprint density at radius 3 is 2.88 bits per heavy atom. The molecule has 1 saturated heterocycles. The molecular weight excluding hydrogens is 328 g/mol. The Morgan fingerprint density at radius 2 is 2.04 bits per heavy atom. The third kappa shape index (κ3) is 3.54. The molecule has 6 nitrogen and oxygen atoms in total. The summed E-state index contributed by atoms with van der Waals surface area (Å²) in [7, 11) is 0. The van der Waals surface area contributed by atoms with Crippen LogP contribution in [0.5, 0.6) is 0 Å². The highest BCUT2D eigenvalue weighted by Crippen LogP contribution is 2.24. The molecule has 3 heterocycles. The lowest BCUT2D eigenvalue weighted by Gasteiger charge is -2.30. The van der Waals surface area contributed by atoms with Crippen molar-refractivity contribution in [3.8, 4) is 0 Å². The molecule has 2 aliphatic rings. The normalized spacial score (nSPS) is 19.5. The second-order valence-electron chi connectivity index (χ2n) is 6.84. The van der Waals surface area contributed by atoms with Gasteiger partial charge in [-0.2, -0.15) is 0 Å². The summed E-state index contributed by atoms with van der Waals surface area (Å²) in [5.74, 6) is 0.628. The molecule has 134 valence electrons. The van der Waals surface area contributed by atoms with Gasteiger partial charge in [0.2, 0.25) is 11.8 Å². The van der Waals surface area contributed by atoms with Crippen LogP contribution in [0.15, 0.2) is 42.6 Å². The fraction of sp³-hybridized carbons (Fsp3) is 0.350. The molecular formula is C20H22N4O2. The zero-order chi connectivity index (χ0) is 17.9. The van der Waals surface area contributed by atoms with Gasteiger partial charge in [0.25, 0.3) is 0 Å². The van der Waals surface area contributed by atoms with Gasteiger partial charge in [-0.25, -0.2) is 4.98 Å². The van der Waals surface area contributed by atoms with Crippen LogP contribution in [0.3, 0.4) is 0 Å². The van der Waals surface area contributed by atoms with Gasteiger partial charge in [-0.1, -0.05) is 24.3 Å². The van der Waals surface area contributed by atoms with Crippen LogP contribution in [0.25, 0.3) is 0 Å². The number of amides is 2. The van der Waals surface area contributed by atoms with E-state index in [9.17, 15) is 9.59 Å². The molecule has 1 fully saturated rings. The zero-order valence-electron chi connectivity index (χ0n) is 14.6. The molecule has 2 aliphatic heterocycles. The van der Waals surface area contributed by atoms with Crippen LogP contribution in [0.1, 0.15) is 30.4 Å². The summed E-state index contributed by atoms with van der Waals surface area (Å²) in [4.78, 5) is 30.6. The summed E-state index contributed by atoms with van der Waals surface area (Å²) < 4.78 is 0. The van der Waals surface area contributed by atoms with Crippen molar-refractivity contribution < 1.29 is 9.59 Å². The average molecular weight is 350 g/mol. The number of benzene rings is 1. The van der Waals surface area contributed by atoms with Gasteiger partial charge in [-0.05, 0) is 36.5 Å². The summed E-state index contributed by atoms with van der Waals surface area (Å²) in [5, 5.41) is 5.66. The summed E-state index contributed by atoms with van der Waals surface area (Å²) >= 11 is 0. The van der Waals surface area contributed by atoms with E-state index in [0.717, 1.165) is 31.7 Å². The second kappa shape index (κ2) is 7.15. The summed E-state index contributed by atoms with van der Waals surface area (Å²) in [6, 6.07) is 11.7. The summed E-state index contributed by atoms with van der Waals surface area (Å²) in [5.41, 5.74) is 3.42. The molecule has 26 heavy (non-hydrogen) atoms. The minimum absolute atomic E-state index is 0.0567. The van der Waals surface area contributed by atoms with Crippen LogP contribution < -0.4 is 15.5 Å². The Hall–Kier alpha value is -2.89. The van der Waals surface area contributed by atoms with Crippen molar-refractivity contribution in [2.75, 3.05) is 16.8 Å². The van der Waals surface area contributed by atoms with E-state index in [1.807, 2.05) is 6.07 Å². The van der Waals surface area contributed by atoms with Gasteiger partial charge < -0.3 is 15.5 Å². The van der Waals surface area contributed by atoms with E-state index in [4.69, 9.17) is 0 Å². The Morgan fingerprint density at radius 1 is 1.19 bits per heavy atom. The van der Waals surface area contributed by atoms with Crippen molar-refractivity contribution in [3.63, 3.8) is 0 Å². The van der Waals surface area contributed by atoms with Crippen molar-refractivity contribution in [2.24, 2.45) is 0 Å². The molecule has 0 bridgehead atoms. The third-order valence-corrected chi connectivity index (χ3v) is 5.02. The van der Waals surface area contributed by atoms with Gasteiger partial charge in [-0.3, -0.25) is 9.59 Å². The van der Waals surface area contributed by atoms with E-state index in [-0.39, 0.29) is 11.8 Å². The summed E-state index contributed by atoms with van der Waals surface area (Å²) in [6.07, 6.45) is 4.63. The molecule has 0 aliphatic carbocycles. The number of nitrogens with zero attached hydrogens (tertiary/aromatic N) is 2. The lowest BCUT2D eigenvalue weighted by molar-refractivity contribution is -0.128. The lowest BCUT2D eigenvalue weighted by atomic mass is 10.00. The van der Waals surface area contributed by atoms with Crippen LogP contribution in [0.2, 0.25) is 0 Å². The first kappa shape index (κ1) is 16.6. The van der Waals surface area contributed by atoms with Crippen molar-refractivity contribution in [3.05, 3.63) is 53.7 Å². The molecule has 2 aromatic rings. The largest absolute Gasteiger partial charge is 0.352 e. The number of pyridine rings is 1. The van der Waals surface area contributed by atoms with Gasteiger partial charge in [0.15, 0.2) is 0 Å². The van der Waals surface area contributed by atoms with Gasteiger partial charge in [0.05, 0.1) is 0 Å². The SMILES string of the molecule is O=C1CCC[C@H](C(=O)Nc2ccnc(N3CCc4ccccc4C3)c2)N1. The maximum atomic E-state index is 12.4. The first-order valence-electron chi connectivity index (χ1n) is 9.07.